The van der Waals surface area contributed by atoms with Gasteiger partial charge in [0.15, 0.2) is 5.96 Å². The number of ether oxygens (including phenoxy) is 1. The van der Waals surface area contributed by atoms with E-state index in [-0.39, 0.29) is 48.9 Å². The van der Waals surface area contributed by atoms with Gasteiger partial charge in [-0.2, -0.15) is 0 Å². The van der Waals surface area contributed by atoms with Crippen molar-refractivity contribution in [2.45, 2.75) is 19.6 Å². The largest absolute Gasteiger partial charge is 0.375 e. The molecule has 1 aliphatic heterocycles. The van der Waals surface area contributed by atoms with Crippen LogP contribution in [0.3, 0.4) is 0 Å². The summed E-state index contributed by atoms with van der Waals surface area (Å²) in [5.41, 5.74) is 6.83. The SMILES string of the molecule is CC1CN(C(N)=NCCS(=O)(=O)NCc2ccccc2)CCO1.I. The molecule has 1 heterocycles. The maximum absolute atomic E-state index is 12.0. The minimum atomic E-state index is -3.37. The van der Waals surface area contributed by atoms with Gasteiger partial charge in [0.25, 0.3) is 0 Å². The molecule has 1 aromatic rings. The van der Waals surface area contributed by atoms with Crippen LogP contribution in [0.2, 0.25) is 0 Å². The highest BCUT2D eigenvalue weighted by molar-refractivity contribution is 14.0. The first-order valence-corrected chi connectivity index (χ1v) is 9.29. The van der Waals surface area contributed by atoms with Crippen LogP contribution in [0.25, 0.3) is 0 Å². The molecule has 1 aromatic carbocycles. The number of benzene rings is 1. The van der Waals surface area contributed by atoms with Gasteiger partial charge < -0.3 is 15.4 Å². The minimum Gasteiger partial charge on any atom is -0.375 e. The first-order valence-electron chi connectivity index (χ1n) is 7.64. The van der Waals surface area contributed by atoms with Crippen LogP contribution in [0, 0.1) is 0 Å². The maximum Gasteiger partial charge on any atom is 0.213 e. The molecule has 7 nitrogen and oxygen atoms in total. The molecule has 0 spiro atoms. The van der Waals surface area contributed by atoms with E-state index in [4.69, 9.17) is 10.5 Å². The predicted molar refractivity (Wildman–Crippen MR) is 106 cm³/mol. The van der Waals surface area contributed by atoms with E-state index in [0.717, 1.165) is 5.56 Å². The molecule has 0 aromatic heterocycles. The van der Waals surface area contributed by atoms with Crippen LogP contribution in [0.4, 0.5) is 0 Å². The Kier molecular flexibility index (Phi) is 8.95. The van der Waals surface area contributed by atoms with Crippen molar-refractivity contribution in [1.29, 1.82) is 0 Å². The Hall–Kier alpha value is -0.910. The van der Waals surface area contributed by atoms with Crippen LogP contribution in [0.1, 0.15) is 12.5 Å². The molecule has 1 unspecified atom stereocenters. The van der Waals surface area contributed by atoms with Crippen LogP contribution in [0.5, 0.6) is 0 Å². The van der Waals surface area contributed by atoms with E-state index < -0.39 is 10.0 Å². The van der Waals surface area contributed by atoms with E-state index in [2.05, 4.69) is 9.71 Å². The van der Waals surface area contributed by atoms with Gasteiger partial charge in [-0.3, -0.25) is 4.99 Å². The topological polar surface area (TPSA) is 97.0 Å². The zero-order valence-corrected chi connectivity index (χ0v) is 16.9. The van der Waals surface area contributed by atoms with Crippen molar-refractivity contribution >= 4 is 40.0 Å². The van der Waals surface area contributed by atoms with Gasteiger partial charge in [-0.25, -0.2) is 13.1 Å². The van der Waals surface area contributed by atoms with E-state index in [1.165, 1.54) is 0 Å². The first-order chi connectivity index (χ1) is 11.0. The molecule has 24 heavy (non-hydrogen) atoms. The van der Waals surface area contributed by atoms with Crippen LogP contribution < -0.4 is 10.5 Å². The second-order valence-corrected chi connectivity index (χ2v) is 7.42. The molecule has 0 aliphatic carbocycles. The lowest BCUT2D eigenvalue weighted by atomic mass is 10.2. The van der Waals surface area contributed by atoms with Crippen LogP contribution in [-0.4, -0.2) is 57.4 Å². The Morgan fingerprint density at radius 2 is 2.12 bits per heavy atom. The highest BCUT2D eigenvalue weighted by Crippen LogP contribution is 2.04. The second kappa shape index (κ2) is 10.2. The van der Waals surface area contributed by atoms with Crippen molar-refractivity contribution in [3.8, 4) is 0 Å². The quantitative estimate of drug-likeness (QED) is 0.365. The molecule has 0 bridgehead atoms. The summed E-state index contributed by atoms with van der Waals surface area (Å²) in [5.74, 6) is 0.291. The number of nitrogens with one attached hydrogen (secondary N) is 1. The van der Waals surface area contributed by atoms with Gasteiger partial charge in [0.1, 0.15) is 0 Å². The van der Waals surface area contributed by atoms with E-state index in [1.54, 1.807) is 0 Å². The lowest BCUT2D eigenvalue weighted by Gasteiger charge is -2.31. The Bertz CT molecular complexity index is 625. The van der Waals surface area contributed by atoms with Gasteiger partial charge in [0.2, 0.25) is 10.0 Å². The first kappa shape index (κ1) is 21.1. The molecule has 0 radical (unpaired) electrons. The molecule has 0 saturated carbocycles. The van der Waals surface area contributed by atoms with Crippen molar-refractivity contribution in [3.05, 3.63) is 35.9 Å². The van der Waals surface area contributed by atoms with Crippen molar-refractivity contribution in [2.75, 3.05) is 32.0 Å². The van der Waals surface area contributed by atoms with Gasteiger partial charge in [0.05, 0.1) is 25.0 Å². The molecule has 136 valence electrons. The van der Waals surface area contributed by atoms with E-state index in [0.29, 0.717) is 25.7 Å². The van der Waals surface area contributed by atoms with Crippen molar-refractivity contribution in [3.63, 3.8) is 0 Å². The smallest absolute Gasteiger partial charge is 0.213 e. The van der Waals surface area contributed by atoms with Crippen LogP contribution >= 0.6 is 24.0 Å². The Balaban J connectivity index is 0.00000288. The fraction of sp³-hybridized carbons (Fsp3) is 0.533. The summed E-state index contributed by atoms with van der Waals surface area (Å²) < 4.78 is 31.9. The van der Waals surface area contributed by atoms with Crippen molar-refractivity contribution in [2.24, 2.45) is 10.7 Å². The van der Waals surface area contributed by atoms with E-state index in [1.807, 2.05) is 42.2 Å². The lowest BCUT2D eigenvalue weighted by Crippen LogP contribution is -2.48. The third-order valence-electron chi connectivity index (χ3n) is 3.54. The number of aliphatic imine (C=N–C) groups is 1. The van der Waals surface area contributed by atoms with Crippen molar-refractivity contribution in [1.82, 2.24) is 9.62 Å². The molecule has 9 heteroatoms. The average Bonchev–Trinajstić information content (AvgIpc) is 2.54. The van der Waals surface area contributed by atoms with Gasteiger partial charge in [0, 0.05) is 19.6 Å². The highest BCUT2D eigenvalue weighted by Gasteiger charge is 2.18. The second-order valence-electron chi connectivity index (χ2n) is 5.49. The Morgan fingerprint density at radius 3 is 2.79 bits per heavy atom. The molecule has 1 saturated heterocycles. The van der Waals surface area contributed by atoms with Crippen LogP contribution in [-0.2, 0) is 21.3 Å². The molecule has 1 fully saturated rings. The molecule has 1 aliphatic rings. The highest BCUT2D eigenvalue weighted by atomic mass is 127. The Labute approximate surface area is 160 Å². The summed E-state index contributed by atoms with van der Waals surface area (Å²) in [6.45, 7) is 4.35. The maximum atomic E-state index is 12.0. The third kappa shape index (κ3) is 7.32. The number of morpholine rings is 1. The number of hydrogen-bond donors (Lipinski definition) is 2. The summed E-state index contributed by atoms with van der Waals surface area (Å²) in [6, 6.07) is 9.38. The third-order valence-corrected chi connectivity index (χ3v) is 4.84. The number of hydrogen-bond acceptors (Lipinski definition) is 4. The van der Waals surface area contributed by atoms with E-state index in [9.17, 15) is 8.42 Å². The average molecular weight is 468 g/mol. The standard InChI is InChI=1S/C15H24N4O3S.HI/c1-13-12-19(8-9-22-13)15(16)17-7-10-23(20,21)18-11-14-5-3-2-4-6-14;/h2-6,13,18H,7-12H2,1H3,(H2,16,17);1H. The van der Waals surface area contributed by atoms with Gasteiger partial charge in [-0.05, 0) is 12.5 Å². The van der Waals surface area contributed by atoms with Crippen LogP contribution in [0.15, 0.2) is 35.3 Å². The summed E-state index contributed by atoms with van der Waals surface area (Å²) >= 11 is 0. The normalized spacial score (nSPS) is 19.0. The van der Waals surface area contributed by atoms with Crippen molar-refractivity contribution < 1.29 is 13.2 Å². The minimum absolute atomic E-state index is 0. The molecular weight excluding hydrogens is 443 g/mol. The monoisotopic (exact) mass is 468 g/mol. The van der Waals surface area contributed by atoms with Gasteiger partial charge in [-0.1, -0.05) is 30.3 Å². The number of halogens is 1. The molecule has 0 amide bonds. The predicted octanol–water partition coefficient (Wildman–Crippen LogP) is 0.759. The number of nitrogens with two attached hydrogens (primary N) is 1. The summed E-state index contributed by atoms with van der Waals surface area (Å²) in [7, 11) is -3.37. The summed E-state index contributed by atoms with van der Waals surface area (Å²) in [5, 5.41) is 0. The fourth-order valence-electron chi connectivity index (χ4n) is 2.27. The lowest BCUT2D eigenvalue weighted by molar-refractivity contribution is 0.00531. The molecule has 1 atom stereocenters. The Morgan fingerprint density at radius 1 is 1.42 bits per heavy atom. The number of sulfonamides is 1. The zero-order chi connectivity index (χ0) is 16.7. The number of nitrogens with zero attached hydrogens (tertiary/aromatic N) is 2. The zero-order valence-electron chi connectivity index (χ0n) is 13.7. The molecule has 2 rings (SSSR count). The molecule has 3 N–H and O–H groups in total. The molecular formula is C15H25IN4O3S. The fourth-order valence-corrected chi connectivity index (χ4v) is 3.13. The number of guanidine groups is 1. The summed E-state index contributed by atoms with van der Waals surface area (Å²) in [6.07, 6.45) is 0.105. The summed E-state index contributed by atoms with van der Waals surface area (Å²) in [4.78, 5) is 6.08. The number of rotatable bonds is 6. The van der Waals surface area contributed by atoms with Gasteiger partial charge in [-0.15, -0.1) is 24.0 Å². The van der Waals surface area contributed by atoms with E-state index >= 15 is 0 Å². The van der Waals surface area contributed by atoms with Gasteiger partial charge >= 0.3 is 0 Å².